The van der Waals surface area contributed by atoms with Crippen molar-refractivity contribution >= 4 is 61.2 Å². The first-order chi connectivity index (χ1) is 26.3. The number of rotatable bonds is 4. The van der Waals surface area contributed by atoms with E-state index in [-0.39, 0.29) is 6.71 Å². The van der Waals surface area contributed by atoms with E-state index in [9.17, 15) is 0 Å². The molecule has 0 spiro atoms. The van der Waals surface area contributed by atoms with Crippen molar-refractivity contribution < 1.29 is 9.47 Å². The number of nitrogens with zero attached hydrogens (tertiary/aromatic N) is 1. The zero-order chi connectivity index (χ0) is 34.7. The van der Waals surface area contributed by atoms with E-state index in [1.54, 1.807) is 0 Å². The Hall–Kier alpha value is -6.78. The minimum atomic E-state index is -0.740. The average Bonchev–Trinajstić information content (AvgIpc) is 3.74. The molecule has 2 aliphatic heterocycles. The molecule has 0 fully saturated rings. The fraction of sp³-hybridized carbons (Fsp3) is 0.0204. The lowest BCUT2D eigenvalue weighted by molar-refractivity contribution is 0.462. The van der Waals surface area contributed by atoms with E-state index in [1.165, 1.54) is 54.8 Å². The third kappa shape index (κ3) is 3.79. The van der Waals surface area contributed by atoms with Crippen molar-refractivity contribution in [1.82, 2.24) is 4.40 Å². The average molecular weight is 676 g/mol. The topological polar surface area (TPSA) is 22.9 Å². The Kier molecular flexibility index (Phi) is 5.79. The van der Waals surface area contributed by atoms with Crippen LogP contribution in [0.15, 0.2) is 182 Å². The lowest BCUT2D eigenvalue weighted by Gasteiger charge is -2.39. The molecule has 4 heterocycles. The van der Waals surface area contributed by atoms with Gasteiger partial charge in [0.1, 0.15) is 23.0 Å². The predicted octanol–water partition coefficient (Wildman–Crippen LogP) is 9.95. The smallest absolute Gasteiger partial charge is 0.260 e. The van der Waals surface area contributed by atoms with Gasteiger partial charge in [-0.3, -0.25) is 0 Å². The second-order valence-corrected chi connectivity index (χ2v) is 14.4. The molecule has 3 nitrogen and oxygen atoms in total. The maximum absolute atomic E-state index is 6.91. The van der Waals surface area contributed by atoms with Gasteiger partial charge >= 0.3 is 0 Å². The Morgan fingerprint density at radius 1 is 0.377 bits per heavy atom. The SMILES string of the molecule is c1ccc(C(c2ccccc2)(c2cc3c4c(c2)Oc2ccccc2B4c2ccccc2O3)c2cc3c4ccccc4n4c5ccccc5c(c2)c34)cc1. The van der Waals surface area contributed by atoms with Gasteiger partial charge in [-0.25, -0.2) is 0 Å². The molecule has 0 bridgehead atoms. The Morgan fingerprint density at radius 3 is 1.34 bits per heavy atom. The maximum Gasteiger partial charge on any atom is 0.260 e. The first-order valence-corrected chi connectivity index (χ1v) is 18.3. The number of fused-ring (bicyclic) bond motifs is 10. The Balaban J connectivity index is 1.24. The summed E-state index contributed by atoms with van der Waals surface area (Å²) in [5.41, 5.74) is 11.0. The van der Waals surface area contributed by atoms with Gasteiger partial charge in [-0.2, -0.15) is 0 Å². The molecular weight excluding hydrogens is 645 g/mol. The molecule has 0 atom stereocenters. The molecule has 0 saturated carbocycles. The molecule has 0 N–H and O–H groups in total. The Labute approximate surface area is 306 Å². The van der Waals surface area contributed by atoms with Crippen molar-refractivity contribution in [2.75, 3.05) is 0 Å². The van der Waals surface area contributed by atoms with E-state index >= 15 is 0 Å². The lowest BCUT2D eigenvalue weighted by atomic mass is 9.35. The summed E-state index contributed by atoms with van der Waals surface area (Å²) in [6, 6.07) is 65.9. The molecule has 0 radical (unpaired) electrons. The summed E-state index contributed by atoms with van der Waals surface area (Å²) in [4.78, 5) is 0. The van der Waals surface area contributed by atoms with E-state index in [0.29, 0.717) is 0 Å². The Bertz CT molecular complexity index is 2880. The highest BCUT2D eigenvalue weighted by molar-refractivity contribution is 6.98. The van der Waals surface area contributed by atoms with Crippen LogP contribution in [0.25, 0.3) is 38.1 Å². The molecule has 10 aromatic rings. The van der Waals surface area contributed by atoms with Gasteiger partial charge in [0.2, 0.25) is 0 Å². The molecule has 12 rings (SSSR count). The van der Waals surface area contributed by atoms with Crippen molar-refractivity contribution in [2.45, 2.75) is 5.41 Å². The Morgan fingerprint density at radius 2 is 0.811 bits per heavy atom. The third-order valence-electron chi connectivity index (χ3n) is 11.8. The molecule has 2 aliphatic rings. The maximum atomic E-state index is 6.91. The van der Waals surface area contributed by atoms with Crippen LogP contribution in [-0.2, 0) is 5.41 Å². The highest BCUT2D eigenvalue weighted by atomic mass is 16.5. The molecule has 8 aromatic carbocycles. The summed E-state index contributed by atoms with van der Waals surface area (Å²) in [5, 5.41) is 4.99. The highest BCUT2D eigenvalue weighted by Crippen LogP contribution is 2.51. The van der Waals surface area contributed by atoms with Crippen molar-refractivity contribution in [3.05, 3.63) is 204 Å². The van der Waals surface area contributed by atoms with E-state index < -0.39 is 5.41 Å². The number of hydrogen-bond acceptors (Lipinski definition) is 2. The van der Waals surface area contributed by atoms with Gasteiger partial charge < -0.3 is 13.9 Å². The van der Waals surface area contributed by atoms with Gasteiger partial charge in [0.15, 0.2) is 0 Å². The van der Waals surface area contributed by atoms with Crippen LogP contribution in [-0.4, -0.2) is 11.1 Å². The van der Waals surface area contributed by atoms with Gasteiger partial charge in [-0.05, 0) is 81.7 Å². The van der Waals surface area contributed by atoms with Gasteiger partial charge in [-0.1, -0.05) is 133 Å². The van der Waals surface area contributed by atoms with Crippen LogP contribution in [0.3, 0.4) is 0 Å². The van der Waals surface area contributed by atoms with Gasteiger partial charge in [-0.15, -0.1) is 0 Å². The molecule has 0 aliphatic carbocycles. The van der Waals surface area contributed by atoms with E-state index in [2.05, 4.69) is 186 Å². The molecule has 0 amide bonds. The monoisotopic (exact) mass is 675 g/mol. The van der Waals surface area contributed by atoms with Crippen molar-refractivity contribution in [2.24, 2.45) is 0 Å². The minimum Gasteiger partial charge on any atom is -0.458 e. The zero-order valence-electron chi connectivity index (χ0n) is 28.7. The first-order valence-electron chi connectivity index (χ1n) is 18.3. The highest BCUT2D eigenvalue weighted by Gasteiger charge is 2.45. The summed E-state index contributed by atoms with van der Waals surface area (Å²) in [6.07, 6.45) is 0. The van der Waals surface area contributed by atoms with Crippen LogP contribution in [0, 0.1) is 0 Å². The second-order valence-electron chi connectivity index (χ2n) is 14.4. The molecule has 4 heteroatoms. The largest absolute Gasteiger partial charge is 0.458 e. The summed E-state index contributed by atoms with van der Waals surface area (Å²) in [5.74, 6) is 3.43. The normalized spacial score (nSPS) is 13.2. The molecular formula is C49H30BNO2. The van der Waals surface area contributed by atoms with E-state index in [0.717, 1.165) is 44.9 Å². The number of para-hydroxylation sites is 4. The van der Waals surface area contributed by atoms with Crippen LogP contribution in [0.4, 0.5) is 0 Å². The fourth-order valence-electron chi connectivity index (χ4n) is 9.65. The molecule has 246 valence electrons. The van der Waals surface area contributed by atoms with Gasteiger partial charge in [0.25, 0.3) is 6.71 Å². The summed E-state index contributed by atoms with van der Waals surface area (Å²) < 4.78 is 16.3. The number of benzene rings is 8. The first kappa shape index (κ1) is 28.9. The zero-order valence-corrected chi connectivity index (χ0v) is 28.7. The quantitative estimate of drug-likeness (QED) is 0.137. The third-order valence-corrected chi connectivity index (χ3v) is 11.8. The summed E-state index contributed by atoms with van der Waals surface area (Å²) >= 11 is 0. The van der Waals surface area contributed by atoms with Crippen LogP contribution in [0.2, 0.25) is 0 Å². The van der Waals surface area contributed by atoms with Crippen LogP contribution in [0.1, 0.15) is 22.3 Å². The predicted molar refractivity (Wildman–Crippen MR) is 217 cm³/mol. The van der Waals surface area contributed by atoms with E-state index in [4.69, 9.17) is 9.47 Å². The van der Waals surface area contributed by atoms with Crippen molar-refractivity contribution in [3.8, 4) is 23.0 Å². The number of aromatic nitrogens is 1. The van der Waals surface area contributed by atoms with Crippen LogP contribution in [0.5, 0.6) is 23.0 Å². The van der Waals surface area contributed by atoms with Crippen LogP contribution >= 0.6 is 0 Å². The second kappa shape index (κ2) is 10.6. The lowest BCUT2D eigenvalue weighted by Crippen LogP contribution is -2.57. The standard InChI is InChI=1S/C49H30BNO2/c1-3-15-31(16-4-1)49(32-17-5-2-6-18-32,33-27-37-35-19-7-11-23-41(35)51-42-24-12-8-20-36(42)38(28-33)48(37)51)34-29-45-47-46(30-34)53-44-26-14-10-22-40(44)50(47)39-21-9-13-25-43(39)52-45/h1-30H. The number of hydrogen-bond donors (Lipinski definition) is 0. The minimum absolute atomic E-state index is 0.00601. The molecule has 2 aromatic heterocycles. The van der Waals surface area contributed by atoms with E-state index in [1.807, 2.05) is 0 Å². The summed E-state index contributed by atoms with van der Waals surface area (Å²) in [7, 11) is 0. The van der Waals surface area contributed by atoms with Crippen molar-refractivity contribution in [1.29, 1.82) is 0 Å². The number of ether oxygens (including phenoxy) is 2. The van der Waals surface area contributed by atoms with Gasteiger partial charge in [0.05, 0.1) is 22.0 Å². The molecule has 53 heavy (non-hydrogen) atoms. The fourth-order valence-corrected chi connectivity index (χ4v) is 9.65. The molecule has 0 saturated heterocycles. The summed E-state index contributed by atoms with van der Waals surface area (Å²) in [6.45, 7) is 0.00601. The van der Waals surface area contributed by atoms with Gasteiger partial charge in [0, 0.05) is 27.0 Å². The van der Waals surface area contributed by atoms with Crippen LogP contribution < -0.4 is 25.9 Å². The van der Waals surface area contributed by atoms with Crippen molar-refractivity contribution in [3.63, 3.8) is 0 Å². The molecule has 0 unspecified atom stereocenters.